The second kappa shape index (κ2) is 13.4. The molecule has 0 aliphatic rings. The van der Waals surface area contributed by atoms with Gasteiger partial charge in [-0.25, -0.2) is 4.99 Å². The third-order valence-electron chi connectivity index (χ3n) is 4.89. The number of carbonyl (C=O) groups excluding carboxylic acids is 1. The van der Waals surface area contributed by atoms with Crippen molar-refractivity contribution < 1.29 is 4.79 Å². The number of hydrogen-bond acceptors (Lipinski definition) is 3. The van der Waals surface area contributed by atoms with Crippen LogP contribution in [-0.4, -0.2) is 56.5 Å². The van der Waals surface area contributed by atoms with Gasteiger partial charge in [-0.05, 0) is 64.0 Å². The minimum Gasteiger partial charge on any atom is -0.357 e. The number of guanidine groups is 1. The third kappa shape index (κ3) is 9.66. The quantitative estimate of drug-likeness (QED) is 0.384. The Morgan fingerprint density at radius 1 is 1.03 bits per heavy atom. The number of aliphatic imine (C=N–C) groups is 1. The van der Waals surface area contributed by atoms with Crippen molar-refractivity contribution in [3.05, 3.63) is 71.3 Å². The summed E-state index contributed by atoms with van der Waals surface area (Å²) in [5.74, 6) is 0.746. The summed E-state index contributed by atoms with van der Waals surface area (Å²) in [4.78, 5) is 19.1. The van der Waals surface area contributed by atoms with Gasteiger partial charge in [0, 0.05) is 31.2 Å². The molecule has 2 aromatic carbocycles. The van der Waals surface area contributed by atoms with Crippen molar-refractivity contribution in [3.63, 3.8) is 0 Å². The zero-order valence-corrected chi connectivity index (χ0v) is 19.3. The van der Waals surface area contributed by atoms with Gasteiger partial charge < -0.3 is 20.9 Å². The van der Waals surface area contributed by atoms with Crippen LogP contribution in [0.5, 0.6) is 0 Å². The van der Waals surface area contributed by atoms with Crippen molar-refractivity contribution in [2.24, 2.45) is 4.99 Å². The molecule has 0 saturated carbocycles. The lowest BCUT2D eigenvalue weighted by atomic mass is 10.1. The smallest absolute Gasteiger partial charge is 0.251 e. The first-order valence-electron chi connectivity index (χ1n) is 11.1. The molecule has 0 aromatic heterocycles. The summed E-state index contributed by atoms with van der Waals surface area (Å²) in [6.45, 7) is 6.99. The average Bonchev–Trinajstić information content (AvgIpc) is 2.77. The first-order chi connectivity index (χ1) is 15.0. The van der Waals surface area contributed by atoms with Gasteiger partial charge >= 0.3 is 0 Å². The van der Waals surface area contributed by atoms with Crippen molar-refractivity contribution in [2.45, 2.75) is 39.3 Å². The molecule has 0 saturated heterocycles. The fourth-order valence-corrected chi connectivity index (χ4v) is 3.13. The number of benzene rings is 2. The maximum absolute atomic E-state index is 12.4. The van der Waals surface area contributed by atoms with Crippen LogP contribution in [0.2, 0.25) is 0 Å². The van der Waals surface area contributed by atoms with Crippen molar-refractivity contribution in [1.82, 2.24) is 20.9 Å². The minimum absolute atomic E-state index is 0.0488. The van der Waals surface area contributed by atoms with Gasteiger partial charge in [-0.2, -0.15) is 0 Å². The Hall–Kier alpha value is -2.86. The highest BCUT2D eigenvalue weighted by Gasteiger charge is 2.08. The number of likely N-dealkylation sites (N-methyl/N-ethyl adjacent to an activating group) is 1. The SMILES string of the molecule is CCNC(=NCc1cccc(C(=O)NCCN(C)C)c1)NC(C)CCc1ccccc1. The number of amides is 1. The predicted molar refractivity (Wildman–Crippen MR) is 130 cm³/mol. The summed E-state index contributed by atoms with van der Waals surface area (Å²) in [6.07, 6.45) is 2.05. The molecule has 168 valence electrons. The fraction of sp³-hybridized carbons (Fsp3) is 0.440. The van der Waals surface area contributed by atoms with E-state index in [0.29, 0.717) is 24.7 Å². The number of rotatable bonds is 11. The van der Waals surface area contributed by atoms with Crippen molar-refractivity contribution >= 4 is 11.9 Å². The number of nitrogens with zero attached hydrogens (tertiary/aromatic N) is 2. The van der Waals surface area contributed by atoms with E-state index in [2.05, 4.69) is 54.1 Å². The summed E-state index contributed by atoms with van der Waals surface area (Å²) in [5, 5.41) is 9.76. The van der Waals surface area contributed by atoms with E-state index < -0.39 is 0 Å². The Kier molecular flexibility index (Phi) is 10.6. The lowest BCUT2D eigenvalue weighted by Gasteiger charge is -2.18. The first-order valence-corrected chi connectivity index (χ1v) is 11.1. The molecule has 1 unspecified atom stereocenters. The average molecular weight is 424 g/mol. The van der Waals surface area contributed by atoms with E-state index in [1.165, 1.54) is 5.56 Å². The van der Waals surface area contributed by atoms with E-state index in [1.807, 2.05) is 49.3 Å². The molecule has 1 amide bonds. The minimum atomic E-state index is -0.0488. The van der Waals surface area contributed by atoms with E-state index in [4.69, 9.17) is 4.99 Å². The lowest BCUT2D eigenvalue weighted by Crippen LogP contribution is -2.42. The highest BCUT2D eigenvalue weighted by molar-refractivity contribution is 5.94. The molecule has 31 heavy (non-hydrogen) atoms. The van der Waals surface area contributed by atoms with Gasteiger partial charge in [0.2, 0.25) is 0 Å². The Morgan fingerprint density at radius 2 is 1.77 bits per heavy atom. The zero-order chi connectivity index (χ0) is 22.5. The molecule has 0 aliphatic heterocycles. The number of hydrogen-bond donors (Lipinski definition) is 3. The van der Waals surface area contributed by atoms with Gasteiger partial charge in [-0.3, -0.25) is 4.79 Å². The Bertz CT molecular complexity index is 820. The molecular weight excluding hydrogens is 386 g/mol. The predicted octanol–water partition coefficient (Wildman–Crippen LogP) is 3.05. The number of nitrogens with one attached hydrogen (secondary N) is 3. The largest absolute Gasteiger partial charge is 0.357 e. The highest BCUT2D eigenvalue weighted by atomic mass is 16.1. The monoisotopic (exact) mass is 423 g/mol. The maximum Gasteiger partial charge on any atom is 0.251 e. The van der Waals surface area contributed by atoms with Gasteiger partial charge in [0.05, 0.1) is 6.54 Å². The lowest BCUT2D eigenvalue weighted by molar-refractivity contribution is 0.0951. The van der Waals surface area contributed by atoms with Crippen LogP contribution in [0.3, 0.4) is 0 Å². The van der Waals surface area contributed by atoms with Crippen LogP contribution in [0.1, 0.15) is 41.8 Å². The molecule has 6 nitrogen and oxygen atoms in total. The Balaban J connectivity index is 1.91. The fourth-order valence-electron chi connectivity index (χ4n) is 3.13. The van der Waals surface area contributed by atoms with Crippen LogP contribution < -0.4 is 16.0 Å². The van der Waals surface area contributed by atoms with Crippen molar-refractivity contribution in [2.75, 3.05) is 33.7 Å². The summed E-state index contributed by atoms with van der Waals surface area (Å²) in [5.41, 5.74) is 3.02. The van der Waals surface area contributed by atoms with Crippen molar-refractivity contribution in [1.29, 1.82) is 0 Å². The second-order valence-electron chi connectivity index (χ2n) is 8.02. The Labute approximate surface area is 187 Å². The van der Waals surface area contributed by atoms with Gasteiger partial charge in [-0.15, -0.1) is 0 Å². The van der Waals surface area contributed by atoms with Crippen LogP contribution in [0, 0.1) is 0 Å². The van der Waals surface area contributed by atoms with E-state index in [1.54, 1.807) is 0 Å². The normalized spacial score (nSPS) is 12.5. The highest BCUT2D eigenvalue weighted by Crippen LogP contribution is 2.08. The second-order valence-corrected chi connectivity index (χ2v) is 8.02. The van der Waals surface area contributed by atoms with Crippen LogP contribution in [0.4, 0.5) is 0 Å². The topological polar surface area (TPSA) is 68.8 Å². The van der Waals surface area contributed by atoms with Crippen LogP contribution >= 0.6 is 0 Å². The number of aryl methyl sites for hydroxylation is 1. The number of carbonyl (C=O) groups is 1. The first kappa shape index (κ1) is 24.4. The van der Waals surface area contributed by atoms with Crippen LogP contribution in [0.25, 0.3) is 0 Å². The standard InChI is InChI=1S/C25H37N5O/c1-5-26-25(29-20(2)14-15-21-10-7-6-8-11-21)28-19-22-12-9-13-23(18-22)24(31)27-16-17-30(3)4/h6-13,18,20H,5,14-17,19H2,1-4H3,(H,27,31)(H2,26,28,29). The molecule has 2 rings (SSSR count). The summed E-state index contributed by atoms with van der Waals surface area (Å²) < 4.78 is 0. The van der Waals surface area contributed by atoms with Gasteiger partial charge in [0.1, 0.15) is 0 Å². The molecule has 2 aromatic rings. The van der Waals surface area contributed by atoms with Crippen molar-refractivity contribution in [3.8, 4) is 0 Å². The summed E-state index contributed by atoms with van der Waals surface area (Å²) >= 11 is 0. The molecule has 6 heteroatoms. The van der Waals surface area contributed by atoms with E-state index >= 15 is 0 Å². The van der Waals surface area contributed by atoms with E-state index in [-0.39, 0.29) is 5.91 Å². The Morgan fingerprint density at radius 3 is 2.48 bits per heavy atom. The zero-order valence-electron chi connectivity index (χ0n) is 19.3. The molecule has 0 aliphatic carbocycles. The van der Waals surface area contributed by atoms with E-state index in [0.717, 1.165) is 37.5 Å². The maximum atomic E-state index is 12.4. The van der Waals surface area contributed by atoms with Gasteiger partial charge in [0.15, 0.2) is 5.96 Å². The molecule has 3 N–H and O–H groups in total. The van der Waals surface area contributed by atoms with Crippen LogP contribution in [-0.2, 0) is 13.0 Å². The summed E-state index contributed by atoms with van der Waals surface area (Å²) in [6, 6.07) is 18.5. The third-order valence-corrected chi connectivity index (χ3v) is 4.89. The molecule has 0 heterocycles. The molecule has 0 radical (unpaired) electrons. The molecule has 0 fully saturated rings. The van der Waals surface area contributed by atoms with E-state index in [9.17, 15) is 4.79 Å². The molecule has 0 bridgehead atoms. The van der Waals surface area contributed by atoms with Crippen LogP contribution in [0.15, 0.2) is 59.6 Å². The molecular formula is C25H37N5O. The van der Waals surface area contributed by atoms with Gasteiger partial charge in [0.25, 0.3) is 5.91 Å². The molecule has 1 atom stereocenters. The van der Waals surface area contributed by atoms with Gasteiger partial charge in [-0.1, -0.05) is 42.5 Å². The molecule has 0 spiro atoms. The summed E-state index contributed by atoms with van der Waals surface area (Å²) in [7, 11) is 3.98.